The van der Waals surface area contributed by atoms with Gasteiger partial charge in [-0.25, -0.2) is 4.39 Å². The number of rotatable bonds is 3. The fourth-order valence-corrected chi connectivity index (χ4v) is 1.67. The summed E-state index contributed by atoms with van der Waals surface area (Å²) >= 11 is 5.89. The molecule has 1 atom stereocenters. The molecule has 1 aromatic carbocycles. The highest BCUT2D eigenvalue weighted by Crippen LogP contribution is 2.18. The zero-order chi connectivity index (χ0) is 11.4. The van der Waals surface area contributed by atoms with Gasteiger partial charge in [0.1, 0.15) is 5.82 Å². The van der Waals surface area contributed by atoms with Gasteiger partial charge in [0.15, 0.2) is 0 Å². The molecular weight excluding hydrogens is 213 g/mol. The van der Waals surface area contributed by atoms with Crippen molar-refractivity contribution in [2.75, 3.05) is 0 Å². The van der Waals surface area contributed by atoms with Crippen molar-refractivity contribution in [3.05, 3.63) is 46.3 Å². The number of halogens is 2. The molecule has 0 heterocycles. The molecule has 0 aliphatic heterocycles. The fraction of sp³-hybridized carbons (Fsp3) is 0.333. The van der Waals surface area contributed by atoms with E-state index in [-0.39, 0.29) is 11.9 Å². The Hall–Kier alpha value is -0.860. The molecule has 3 heteroatoms. The first-order valence-electron chi connectivity index (χ1n) is 4.83. The summed E-state index contributed by atoms with van der Waals surface area (Å²) < 4.78 is 12.8. The highest BCUT2D eigenvalue weighted by molar-refractivity contribution is 6.31. The third-order valence-electron chi connectivity index (χ3n) is 2.02. The molecular formula is C12H15ClFN. The average molecular weight is 228 g/mol. The number of allylic oxidation sites excluding steroid dienone is 1. The second-order valence-corrected chi connectivity index (χ2v) is 4.25. The van der Waals surface area contributed by atoms with Crippen LogP contribution in [-0.4, -0.2) is 6.04 Å². The van der Waals surface area contributed by atoms with Crippen LogP contribution < -0.4 is 5.73 Å². The van der Waals surface area contributed by atoms with Gasteiger partial charge in [0, 0.05) is 11.1 Å². The normalized spacial score (nSPS) is 12.3. The summed E-state index contributed by atoms with van der Waals surface area (Å²) in [5.74, 6) is -0.320. The van der Waals surface area contributed by atoms with Crippen LogP contribution in [0.25, 0.3) is 0 Å². The van der Waals surface area contributed by atoms with Gasteiger partial charge in [-0.05, 0) is 38.0 Å². The molecule has 0 radical (unpaired) electrons. The van der Waals surface area contributed by atoms with Crippen molar-refractivity contribution in [1.29, 1.82) is 0 Å². The summed E-state index contributed by atoms with van der Waals surface area (Å²) in [5, 5.41) is 0.438. The van der Waals surface area contributed by atoms with E-state index in [9.17, 15) is 4.39 Å². The largest absolute Gasteiger partial charge is 0.324 e. The summed E-state index contributed by atoms with van der Waals surface area (Å²) in [6.07, 6.45) is 2.60. The van der Waals surface area contributed by atoms with E-state index in [1.165, 1.54) is 17.7 Å². The molecule has 0 spiro atoms. The Kier molecular flexibility index (Phi) is 4.30. The zero-order valence-electron chi connectivity index (χ0n) is 8.93. The molecule has 1 rings (SSSR count). The van der Waals surface area contributed by atoms with E-state index >= 15 is 0 Å². The number of hydrogen-bond donors (Lipinski definition) is 1. The van der Waals surface area contributed by atoms with Crippen LogP contribution in [0.15, 0.2) is 29.8 Å². The van der Waals surface area contributed by atoms with Crippen LogP contribution in [0.5, 0.6) is 0 Å². The highest BCUT2D eigenvalue weighted by atomic mass is 35.5. The van der Waals surface area contributed by atoms with E-state index in [0.717, 1.165) is 5.56 Å². The molecule has 0 saturated carbocycles. The summed E-state index contributed by atoms with van der Waals surface area (Å²) in [7, 11) is 0. The van der Waals surface area contributed by atoms with E-state index in [1.54, 1.807) is 6.07 Å². The Balaban J connectivity index is 2.77. The van der Waals surface area contributed by atoms with Crippen LogP contribution in [-0.2, 0) is 6.42 Å². The van der Waals surface area contributed by atoms with Gasteiger partial charge in [0.05, 0.1) is 0 Å². The van der Waals surface area contributed by atoms with Gasteiger partial charge in [0.2, 0.25) is 0 Å². The van der Waals surface area contributed by atoms with Crippen molar-refractivity contribution >= 4 is 11.6 Å². The minimum absolute atomic E-state index is 0.0713. The maximum atomic E-state index is 12.8. The lowest BCUT2D eigenvalue weighted by atomic mass is 10.0. The van der Waals surface area contributed by atoms with Crippen LogP contribution in [0.1, 0.15) is 19.4 Å². The number of benzene rings is 1. The van der Waals surface area contributed by atoms with E-state index < -0.39 is 0 Å². The average Bonchev–Trinajstić information content (AvgIpc) is 2.08. The van der Waals surface area contributed by atoms with E-state index in [0.29, 0.717) is 11.4 Å². The first kappa shape index (κ1) is 12.2. The van der Waals surface area contributed by atoms with Crippen LogP contribution in [0.2, 0.25) is 5.02 Å². The Bertz CT molecular complexity index is 370. The maximum absolute atomic E-state index is 12.8. The Labute approximate surface area is 94.7 Å². The second-order valence-electron chi connectivity index (χ2n) is 3.85. The lowest BCUT2D eigenvalue weighted by Crippen LogP contribution is -2.20. The van der Waals surface area contributed by atoms with Gasteiger partial charge >= 0.3 is 0 Å². The Morgan fingerprint density at radius 2 is 2.20 bits per heavy atom. The SMILES string of the molecule is CC(C)=CC(N)Cc1ccc(F)cc1Cl. The second kappa shape index (κ2) is 5.29. The summed E-state index contributed by atoms with van der Waals surface area (Å²) in [4.78, 5) is 0. The molecule has 15 heavy (non-hydrogen) atoms. The minimum Gasteiger partial charge on any atom is -0.324 e. The quantitative estimate of drug-likeness (QED) is 0.788. The van der Waals surface area contributed by atoms with Gasteiger partial charge in [-0.2, -0.15) is 0 Å². The van der Waals surface area contributed by atoms with E-state index in [2.05, 4.69) is 0 Å². The predicted octanol–water partition coefficient (Wildman–Crippen LogP) is 3.32. The molecule has 82 valence electrons. The van der Waals surface area contributed by atoms with Crippen LogP contribution in [0.4, 0.5) is 4.39 Å². The molecule has 0 aromatic heterocycles. The van der Waals surface area contributed by atoms with Crippen molar-refractivity contribution < 1.29 is 4.39 Å². The maximum Gasteiger partial charge on any atom is 0.124 e. The molecule has 1 unspecified atom stereocenters. The molecule has 0 amide bonds. The molecule has 0 saturated heterocycles. The first-order valence-corrected chi connectivity index (χ1v) is 5.21. The standard InChI is InChI=1S/C12H15ClFN/c1-8(2)5-11(15)6-9-3-4-10(14)7-12(9)13/h3-5,7,11H,6,15H2,1-2H3. The van der Waals surface area contributed by atoms with Crippen LogP contribution >= 0.6 is 11.6 Å². The molecule has 0 fully saturated rings. The fourth-order valence-electron chi connectivity index (χ4n) is 1.43. The van der Waals surface area contributed by atoms with Gasteiger partial charge in [-0.15, -0.1) is 0 Å². The lowest BCUT2D eigenvalue weighted by molar-refractivity contribution is 0.626. The minimum atomic E-state index is -0.320. The third kappa shape index (κ3) is 4.02. The molecule has 0 bridgehead atoms. The van der Waals surface area contributed by atoms with Gasteiger partial charge < -0.3 is 5.73 Å². The Morgan fingerprint density at radius 3 is 2.73 bits per heavy atom. The topological polar surface area (TPSA) is 26.0 Å². The third-order valence-corrected chi connectivity index (χ3v) is 2.37. The smallest absolute Gasteiger partial charge is 0.124 e. The summed E-state index contributed by atoms with van der Waals surface area (Å²) in [5.41, 5.74) is 7.93. The van der Waals surface area contributed by atoms with Crippen LogP contribution in [0, 0.1) is 5.82 Å². The van der Waals surface area contributed by atoms with Crippen molar-refractivity contribution in [1.82, 2.24) is 0 Å². The van der Waals surface area contributed by atoms with Gasteiger partial charge in [0.25, 0.3) is 0 Å². The summed E-state index contributed by atoms with van der Waals surface area (Å²) in [6, 6.07) is 4.32. The van der Waals surface area contributed by atoms with E-state index in [1.807, 2.05) is 19.9 Å². The van der Waals surface area contributed by atoms with Crippen LogP contribution in [0.3, 0.4) is 0 Å². The van der Waals surface area contributed by atoms with Crippen molar-refractivity contribution in [2.24, 2.45) is 5.73 Å². The number of nitrogens with two attached hydrogens (primary N) is 1. The van der Waals surface area contributed by atoms with E-state index in [4.69, 9.17) is 17.3 Å². The zero-order valence-corrected chi connectivity index (χ0v) is 9.68. The molecule has 0 aliphatic rings. The van der Waals surface area contributed by atoms with Crippen molar-refractivity contribution in [3.63, 3.8) is 0 Å². The van der Waals surface area contributed by atoms with Gasteiger partial charge in [-0.3, -0.25) is 0 Å². The van der Waals surface area contributed by atoms with Crippen molar-refractivity contribution in [3.8, 4) is 0 Å². The van der Waals surface area contributed by atoms with Gasteiger partial charge in [-0.1, -0.05) is 29.3 Å². The predicted molar refractivity (Wildman–Crippen MR) is 62.5 cm³/mol. The first-order chi connectivity index (χ1) is 6.99. The number of hydrogen-bond acceptors (Lipinski definition) is 1. The monoisotopic (exact) mass is 227 g/mol. The lowest BCUT2D eigenvalue weighted by Gasteiger charge is -2.09. The molecule has 1 aromatic rings. The molecule has 0 aliphatic carbocycles. The Morgan fingerprint density at radius 1 is 1.53 bits per heavy atom. The molecule has 2 N–H and O–H groups in total. The summed E-state index contributed by atoms with van der Waals surface area (Å²) in [6.45, 7) is 3.98. The molecule has 1 nitrogen and oxygen atoms in total. The van der Waals surface area contributed by atoms with Crippen molar-refractivity contribution in [2.45, 2.75) is 26.3 Å². The highest BCUT2D eigenvalue weighted by Gasteiger charge is 2.05.